The normalized spacial score (nSPS) is 16.4. The summed E-state index contributed by atoms with van der Waals surface area (Å²) < 4.78 is 17.1. The smallest absolute Gasteiger partial charge is 0.410 e. The number of likely N-dealkylation sites (tertiary alicyclic amines) is 1. The van der Waals surface area contributed by atoms with Crippen LogP contribution >= 0.6 is 0 Å². The lowest BCUT2D eigenvalue weighted by Gasteiger charge is -2.34. The quantitative estimate of drug-likeness (QED) is 0.419. The molecule has 0 spiro atoms. The van der Waals surface area contributed by atoms with Crippen molar-refractivity contribution in [3.63, 3.8) is 0 Å². The third kappa shape index (κ3) is 8.30. The molecule has 3 rings (SSSR count). The molecule has 5 heteroatoms. The van der Waals surface area contributed by atoms with Gasteiger partial charge in [-0.25, -0.2) is 4.79 Å². The number of piperidine rings is 1. The number of para-hydroxylation sites is 1. The molecule has 2 aromatic carbocycles. The van der Waals surface area contributed by atoms with Gasteiger partial charge in [0.2, 0.25) is 0 Å². The van der Waals surface area contributed by atoms with Crippen LogP contribution in [0, 0.1) is 5.92 Å². The first kappa shape index (κ1) is 24.9. The largest absolute Gasteiger partial charge is 0.497 e. The van der Waals surface area contributed by atoms with Crippen LogP contribution < -0.4 is 9.47 Å². The number of carbonyl (C=O) groups excluding carboxylic acids is 1. The van der Waals surface area contributed by atoms with E-state index in [9.17, 15) is 4.79 Å². The van der Waals surface area contributed by atoms with Crippen LogP contribution in [0.1, 0.15) is 57.6 Å². The molecule has 1 fully saturated rings. The van der Waals surface area contributed by atoms with E-state index in [1.165, 1.54) is 11.1 Å². The fraction of sp³-hybridized carbons (Fsp3) is 0.536. The number of carbonyl (C=O) groups is 1. The Balaban J connectivity index is 1.46. The minimum atomic E-state index is -0.466. The topological polar surface area (TPSA) is 48.0 Å². The Morgan fingerprint density at radius 2 is 1.85 bits per heavy atom. The standard InChI is InChI=1S/C28H39NO4/c1-28(2,3)33-27(30)29-18-10-13-23(20-29)21-32-26-17-8-7-15-24(26)14-6-5-11-22-12-9-16-25(19-22)31-4/h7-9,12,15-17,19,23H,5-6,10-11,13-14,18,20-21H2,1-4H3. The first-order valence-corrected chi connectivity index (χ1v) is 12.2. The van der Waals surface area contributed by atoms with Gasteiger partial charge in [0.25, 0.3) is 0 Å². The van der Waals surface area contributed by atoms with Gasteiger partial charge in [-0.15, -0.1) is 0 Å². The van der Waals surface area contributed by atoms with Gasteiger partial charge < -0.3 is 19.1 Å². The summed E-state index contributed by atoms with van der Waals surface area (Å²) in [5.74, 6) is 2.21. The Bertz CT molecular complexity index is 889. The van der Waals surface area contributed by atoms with Crippen LogP contribution in [0.5, 0.6) is 11.5 Å². The number of methoxy groups -OCH3 is 1. The van der Waals surface area contributed by atoms with E-state index in [0.717, 1.165) is 56.6 Å². The van der Waals surface area contributed by atoms with Gasteiger partial charge in [-0.3, -0.25) is 0 Å². The van der Waals surface area contributed by atoms with Crippen LogP contribution in [-0.2, 0) is 17.6 Å². The highest BCUT2D eigenvalue weighted by Gasteiger charge is 2.28. The number of benzene rings is 2. The molecule has 1 aliphatic rings. The minimum absolute atomic E-state index is 0.219. The summed E-state index contributed by atoms with van der Waals surface area (Å²) in [6.45, 7) is 7.79. The van der Waals surface area contributed by atoms with Gasteiger partial charge in [0.05, 0.1) is 13.7 Å². The zero-order chi connectivity index (χ0) is 23.7. The number of hydrogen-bond donors (Lipinski definition) is 0. The van der Waals surface area contributed by atoms with Crippen molar-refractivity contribution in [2.45, 2.75) is 64.9 Å². The molecule has 1 amide bonds. The monoisotopic (exact) mass is 453 g/mol. The Morgan fingerprint density at radius 3 is 2.64 bits per heavy atom. The molecule has 0 saturated carbocycles. The number of amides is 1. The van der Waals surface area contributed by atoms with E-state index in [1.807, 2.05) is 43.9 Å². The van der Waals surface area contributed by atoms with Crippen LogP contribution in [0.2, 0.25) is 0 Å². The van der Waals surface area contributed by atoms with E-state index < -0.39 is 5.60 Å². The number of unbranched alkanes of at least 4 members (excludes halogenated alkanes) is 1. The predicted octanol–water partition coefficient (Wildman–Crippen LogP) is 6.29. The van der Waals surface area contributed by atoms with Gasteiger partial charge in [0.15, 0.2) is 0 Å². The maximum absolute atomic E-state index is 12.4. The Kier molecular flexibility index (Phi) is 9.04. The molecule has 0 N–H and O–H groups in total. The Labute approximate surface area is 199 Å². The highest BCUT2D eigenvalue weighted by Crippen LogP contribution is 2.24. The SMILES string of the molecule is COc1cccc(CCCCc2ccccc2OCC2CCCN(C(=O)OC(C)(C)C)C2)c1. The molecular weight excluding hydrogens is 414 g/mol. The Hall–Kier alpha value is -2.69. The zero-order valence-electron chi connectivity index (χ0n) is 20.6. The highest BCUT2D eigenvalue weighted by atomic mass is 16.6. The summed E-state index contributed by atoms with van der Waals surface area (Å²) in [4.78, 5) is 14.3. The van der Waals surface area contributed by atoms with Crippen molar-refractivity contribution in [1.29, 1.82) is 0 Å². The van der Waals surface area contributed by atoms with E-state index >= 15 is 0 Å². The lowest BCUT2D eigenvalue weighted by atomic mass is 9.99. The van der Waals surface area contributed by atoms with Crippen molar-refractivity contribution >= 4 is 6.09 Å². The van der Waals surface area contributed by atoms with Crippen molar-refractivity contribution in [2.24, 2.45) is 5.92 Å². The maximum Gasteiger partial charge on any atom is 0.410 e. The van der Waals surface area contributed by atoms with Crippen molar-refractivity contribution in [3.8, 4) is 11.5 Å². The molecule has 33 heavy (non-hydrogen) atoms. The molecule has 0 bridgehead atoms. The summed E-state index contributed by atoms with van der Waals surface area (Å²) in [7, 11) is 1.71. The van der Waals surface area contributed by atoms with E-state index in [2.05, 4.69) is 30.3 Å². The minimum Gasteiger partial charge on any atom is -0.497 e. The van der Waals surface area contributed by atoms with Crippen molar-refractivity contribution in [1.82, 2.24) is 4.90 Å². The molecule has 0 aliphatic carbocycles. The molecule has 180 valence electrons. The van der Waals surface area contributed by atoms with Crippen molar-refractivity contribution in [2.75, 3.05) is 26.8 Å². The summed E-state index contributed by atoms with van der Waals surface area (Å²) in [5, 5.41) is 0. The average molecular weight is 454 g/mol. The molecule has 1 aliphatic heterocycles. The molecule has 0 radical (unpaired) electrons. The molecule has 1 unspecified atom stereocenters. The van der Waals surface area contributed by atoms with Gasteiger partial charge in [0.1, 0.15) is 17.1 Å². The molecule has 1 saturated heterocycles. The van der Waals surface area contributed by atoms with Crippen LogP contribution in [0.25, 0.3) is 0 Å². The molecule has 5 nitrogen and oxygen atoms in total. The fourth-order valence-electron chi connectivity index (χ4n) is 4.22. The van der Waals surface area contributed by atoms with Crippen molar-refractivity contribution in [3.05, 3.63) is 59.7 Å². The fourth-order valence-corrected chi connectivity index (χ4v) is 4.22. The summed E-state index contributed by atoms with van der Waals surface area (Å²) in [5.41, 5.74) is 2.10. The van der Waals surface area contributed by atoms with E-state index in [0.29, 0.717) is 19.1 Å². The second-order valence-corrected chi connectivity index (χ2v) is 9.91. The van der Waals surface area contributed by atoms with Crippen LogP contribution in [0.4, 0.5) is 4.79 Å². The van der Waals surface area contributed by atoms with Gasteiger partial charge >= 0.3 is 6.09 Å². The number of ether oxygens (including phenoxy) is 3. The van der Waals surface area contributed by atoms with E-state index in [-0.39, 0.29) is 6.09 Å². The second kappa shape index (κ2) is 12.0. The highest BCUT2D eigenvalue weighted by molar-refractivity contribution is 5.68. The van der Waals surface area contributed by atoms with E-state index in [1.54, 1.807) is 7.11 Å². The Morgan fingerprint density at radius 1 is 1.06 bits per heavy atom. The maximum atomic E-state index is 12.4. The van der Waals surface area contributed by atoms with Crippen molar-refractivity contribution < 1.29 is 19.0 Å². The third-order valence-corrected chi connectivity index (χ3v) is 5.91. The van der Waals surface area contributed by atoms with Gasteiger partial charge in [0, 0.05) is 19.0 Å². The second-order valence-electron chi connectivity index (χ2n) is 9.91. The van der Waals surface area contributed by atoms with Crippen LogP contribution in [0.3, 0.4) is 0 Å². The average Bonchev–Trinajstić information content (AvgIpc) is 2.80. The molecule has 2 aromatic rings. The number of hydrogen-bond acceptors (Lipinski definition) is 4. The third-order valence-electron chi connectivity index (χ3n) is 5.91. The first-order valence-electron chi connectivity index (χ1n) is 12.2. The van der Waals surface area contributed by atoms with Crippen LogP contribution in [-0.4, -0.2) is 43.4 Å². The molecule has 1 heterocycles. The lowest BCUT2D eigenvalue weighted by Crippen LogP contribution is -2.44. The van der Waals surface area contributed by atoms with E-state index in [4.69, 9.17) is 14.2 Å². The predicted molar refractivity (Wildman–Crippen MR) is 132 cm³/mol. The summed E-state index contributed by atoms with van der Waals surface area (Å²) >= 11 is 0. The molecule has 0 aromatic heterocycles. The molecular formula is C28H39NO4. The first-order chi connectivity index (χ1) is 15.8. The van der Waals surface area contributed by atoms with Gasteiger partial charge in [-0.1, -0.05) is 30.3 Å². The zero-order valence-corrected chi connectivity index (χ0v) is 20.6. The van der Waals surface area contributed by atoms with Gasteiger partial charge in [-0.05, 0) is 88.6 Å². The number of rotatable bonds is 9. The summed E-state index contributed by atoms with van der Waals surface area (Å²) in [6.07, 6.45) is 6.10. The summed E-state index contributed by atoms with van der Waals surface area (Å²) in [6, 6.07) is 16.6. The van der Waals surface area contributed by atoms with Gasteiger partial charge in [-0.2, -0.15) is 0 Å². The number of nitrogens with zero attached hydrogens (tertiary/aromatic N) is 1. The number of aryl methyl sites for hydroxylation is 2. The van der Waals surface area contributed by atoms with Crippen LogP contribution in [0.15, 0.2) is 48.5 Å². The molecule has 1 atom stereocenters. The lowest BCUT2D eigenvalue weighted by molar-refractivity contribution is 0.0139.